The second-order valence-electron chi connectivity index (χ2n) is 5.79. The first kappa shape index (κ1) is 21.0. The summed E-state index contributed by atoms with van der Waals surface area (Å²) in [6.07, 6.45) is 2.06. The van der Waals surface area contributed by atoms with Crippen molar-refractivity contribution in [3.63, 3.8) is 0 Å². The second-order valence-corrected chi connectivity index (χ2v) is 6.22. The number of aliphatic imine (C=N–C) groups is 1. The third-order valence-corrected chi connectivity index (χ3v) is 3.86. The normalized spacial score (nSPS) is 13.9. The fourth-order valence-corrected chi connectivity index (χ4v) is 2.50. The van der Waals surface area contributed by atoms with Gasteiger partial charge in [0.25, 0.3) is 0 Å². The Labute approximate surface area is 166 Å². The maximum atomic E-state index is 11.6. The number of nitrogens with one attached hydrogen (secondary N) is 2. The maximum Gasteiger partial charge on any atom is 0.223 e. The van der Waals surface area contributed by atoms with Gasteiger partial charge in [-0.15, -0.1) is 24.0 Å². The predicted octanol–water partition coefficient (Wildman–Crippen LogP) is 2.88. The molecule has 1 aromatic rings. The Balaban J connectivity index is 0.00000288. The number of hydrogen-bond donors (Lipinski definition) is 2. The van der Waals surface area contributed by atoms with Crippen LogP contribution >= 0.6 is 35.6 Å². The Morgan fingerprint density at radius 3 is 2.75 bits per heavy atom. The first-order valence-electron chi connectivity index (χ1n) is 8.11. The zero-order valence-corrected chi connectivity index (χ0v) is 17.3. The standard InChI is InChI=1S/C17H25ClN4O.HI/c1-3-19-17(21-10-9-20-16(23)14-7-8-14)22(2)12-13-5-4-6-15(18)11-13;/h4-6,11,14H,3,7-10,12H2,1-2H3,(H,19,21)(H,20,23);1H. The van der Waals surface area contributed by atoms with Gasteiger partial charge in [0, 0.05) is 37.6 Å². The molecule has 2 rings (SSSR count). The lowest BCUT2D eigenvalue weighted by Gasteiger charge is -2.22. The Morgan fingerprint density at radius 2 is 2.12 bits per heavy atom. The summed E-state index contributed by atoms with van der Waals surface area (Å²) in [4.78, 5) is 18.2. The van der Waals surface area contributed by atoms with Crippen molar-refractivity contribution in [1.82, 2.24) is 15.5 Å². The number of hydrogen-bond acceptors (Lipinski definition) is 2. The van der Waals surface area contributed by atoms with Crippen LogP contribution in [0.3, 0.4) is 0 Å². The minimum absolute atomic E-state index is 0. The van der Waals surface area contributed by atoms with E-state index in [1.807, 2.05) is 38.2 Å². The van der Waals surface area contributed by atoms with E-state index in [1.54, 1.807) is 0 Å². The molecule has 1 fully saturated rings. The van der Waals surface area contributed by atoms with E-state index in [0.717, 1.165) is 42.5 Å². The number of guanidine groups is 1. The average molecular weight is 465 g/mol. The Hall–Kier alpha value is -1.02. The molecule has 24 heavy (non-hydrogen) atoms. The molecule has 5 nitrogen and oxygen atoms in total. The Bertz CT molecular complexity index is 563. The highest BCUT2D eigenvalue weighted by Gasteiger charge is 2.28. The van der Waals surface area contributed by atoms with Crippen LogP contribution in [0, 0.1) is 5.92 Å². The van der Waals surface area contributed by atoms with Gasteiger partial charge in [-0.05, 0) is 37.5 Å². The van der Waals surface area contributed by atoms with Crippen LogP contribution < -0.4 is 10.6 Å². The topological polar surface area (TPSA) is 56.7 Å². The number of nitrogens with zero attached hydrogens (tertiary/aromatic N) is 2. The molecule has 7 heteroatoms. The largest absolute Gasteiger partial charge is 0.357 e. The summed E-state index contributed by atoms with van der Waals surface area (Å²) in [7, 11) is 1.99. The zero-order valence-electron chi connectivity index (χ0n) is 14.2. The third-order valence-electron chi connectivity index (χ3n) is 3.63. The quantitative estimate of drug-likeness (QED) is 0.282. The predicted molar refractivity (Wildman–Crippen MR) is 110 cm³/mol. The number of benzene rings is 1. The van der Waals surface area contributed by atoms with Crippen LogP contribution in [0.5, 0.6) is 0 Å². The van der Waals surface area contributed by atoms with Crippen LogP contribution in [0.25, 0.3) is 0 Å². The molecule has 1 amide bonds. The molecule has 0 atom stereocenters. The Kier molecular flexibility index (Phi) is 9.43. The van der Waals surface area contributed by atoms with Crippen molar-refractivity contribution in [1.29, 1.82) is 0 Å². The van der Waals surface area contributed by atoms with Crippen LogP contribution in [0.2, 0.25) is 5.02 Å². The van der Waals surface area contributed by atoms with Crippen LogP contribution in [0.15, 0.2) is 29.3 Å². The van der Waals surface area contributed by atoms with Crippen molar-refractivity contribution in [2.24, 2.45) is 10.9 Å². The van der Waals surface area contributed by atoms with Gasteiger partial charge in [-0.25, -0.2) is 0 Å². The summed E-state index contributed by atoms with van der Waals surface area (Å²) in [5.74, 6) is 1.24. The minimum Gasteiger partial charge on any atom is -0.357 e. The number of rotatable bonds is 7. The summed E-state index contributed by atoms with van der Waals surface area (Å²) >= 11 is 6.03. The summed E-state index contributed by atoms with van der Waals surface area (Å²) in [5.41, 5.74) is 1.13. The van der Waals surface area contributed by atoms with Gasteiger partial charge in [0.05, 0.1) is 6.54 Å². The van der Waals surface area contributed by atoms with Crippen LogP contribution in [-0.4, -0.2) is 43.4 Å². The summed E-state index contributed by atoms with van der Waals surface area (Å²) in [6, 6.07) is 7.81. The van der Waals surface area contributed by atoms with E-state index >= 15 is 0 Å². The molecule has 0 aromatic heterocycles. The molecule has 0 saturated heterocycles. The Morgan fingerprint density at radius 1 is 1.38 bits per heavy atom. The van der Waals surface area contributed by atoms with E-state index < -0.39 is 0 Å². The third kappa shape index (κ3) is 7.25. The lowest BCUT2D eigenvalue weighted by molar-refractivity contribution is -0.122. The van der Waals surface area contributed by atoms with Crippen molar-refractivity contribution in [2.45, 2.75) is 26.3 Å². The monoisotopic (exact) mass is 464 g/mol. The SMILES string of the molecule is CCNC(=NCCNC(=O)C1CC1)N(C)Cc1cccc(Cl)c1.I. The van der Waals surface area contributed by atoms with E-state index in [2.05, 4.69) is 20.5 Å². The number of amides is 1. The van der Waals surface area contributed by atoms with Crippen molar-refractivity contribution in [3.8, 4) is 0 Å². The molecule has 0 heterocycles. The van der Waals surface area contributed by atoms with Crippen molar-refractivity contribution in [2.75, 3.05) is 26.7 Å². The maximum absolute atomic E-state index is 11.6. The zero-order chi connectivity index (χ0) is 16.7. The molecular weight excluding hydrogens is 439 g/mol. The minimum atomic E-state index is 0. The smallest absolute Gasteiger partial charge is 0.223 e. The van der Waals surface area contributed by atoms with E-state index in [-0.39, 0.29) is 35.8 Å². The fraction of sp³-hybridized carbons (Fsp3) is 0.529. The molecule has 1 aliphatic carbocycles. The second kappa shape index (κ2) is 10.8. The van der Waals surface area contributed by atoms with Gasteiger partial charge >= 0.3 is 0 Å². The summed E-state index contributed by atoms with van der Waals surface area (Å²) in [5, 5.41) is 6.94. The van der Waals surface area contributed by atoms with Gasteiger partial charge in [0.1, 0.15) is 0 Å². The van der Waals surface area contributed by atoms with E-state index in [9.17, 15) is 4.79 Å². The van der Waals surface area contributed by atoms with Crippen molar-refractivity contribution in [3.05, 3.63) is 34.9 Å². The average Bonchev–Trinajstić information content (AvgIpc) is 3.35. The lowest BCUT2D eigenvalue weighted by Crippen LogP contribution is -2.39. The highest BCUT2D eigenvalue weighted by atomic mass is 127. The van der Waals surface area contributed by atoms with Gasteiger partial charge in [-0.3, -0.25) is 9.79 Å². The first-order chi connectivity index (χ1) is 11.1. The van der Waals surface area contributed by atoms with Crippen LogP contribution in [0.4, 0.5) is 0 Å². The van der Waals surface area contributed by atoms with Crippen LogP contribution in [0.1, 0.15) is 25.3 Å². The molecule has 0 aliphatic heterocycles. The van der Waals surface area contributed by atoms with Gasteiger partial charge in [-0.1, -0.05) is 23.7 Å². The summed E-state index contributed by atoms with van der Waals surface area (Å²) < 4.78 is 0. The van der Waals surface area contributed by atoms with Gasteiger partial charge in [0.2, 0.25) is 5.91 Å². The van der Waals surface area contributed by atoms with Gasteiger partial charge in [0.15, 0.2) is 5.96 Å². The van der Waals surface area contributed by atoms with Gasteiger partial charge in [-0.2, -0.15) is 0 Å². The molecule has 0 radical (unpaired) electrons. The first-order valence-corrected chi connectivity index (χ1v) is 8.49. The number of carbonyl (C=O) groups excluding carboxylic acids is 1. The van der Waals surface area contributed by atoms with E-state index in [0.29, 0.717) is 13.1 Å². The van der Waals surface area contributed by atoms with E-state index in [4.69, 9.17) is 11.6 Å². The molecule has 0 bridgehead atoms. The molecule has 2 N–H and O–H groups in total. The fourth-order valence-electron chi connectivity index (χ4n) is 2.28. The van der Waals surface area contributed by atoms with Crippen molar-refractivity contribution < 1.29 is 4.79 Å². The number of halogens is 2. The highest BCUT2D eigenvalue weighted by Crippen LogP contribution is 2.28. The van der Waals surface area contributed by atoms with Gasteiger partial charge < -0.3 is 15.5 Å². The number of carbonyl (C=O) groups is 1. The summed E-state index contributed by atoms with van der Waals surface area (Å²) in [6.45, 7) is 4.71. The van der Waals surface area contributed by atoms with Crippen molar-refractivity contribution >= 4 is 47.4 Å². The molecule has 134 valence electrons. The molecule has 0 unspecified atom stereocenters. The van der Waals surface area contributed by atoms with E-state index in [1.165, 1.54) is 0 Å². The highest BCUT2D eigenvalue weighted by molar-refractivity contribution is 14.0. The molecule has 1 aromatic carbocycles. The lowest BCUT2D eigenvalue weighted by atomic mass is 10.2. The molecular formula is C17H26ClIN4O. The molecule has 1 aliphatic rings. The molecule has 1 saturated carbocycles. The molecule has 0 spiro atoms. The van der Waals surface area contributed by atoms with Crippen LogP contribution in [-0.2, 0) is 11.3 Å².